The highest BCUT2D eigenvalue weighted by atomic mass is 35.5. The van der Waals surface area contributed by atoms with Gasteiger partial charge in [-0.3, -0.25) is 0 Å². The van der Waals surface area contributed by atoms with Crippen LogP contribution in [-0.4, -0.2) is 6.04 Å². The second kappa shape index (κ2) is 7.55. The zero-order valence-corrected chi connectivity index (χ0v) is 12.7. The van der Waals surface area contributed by atoms with Gasteiger partial charge in [0.1, 0.15) is 5.82 Å². The average molecular weight is 308 g/mol. The van der Waals surface area contributed by atoms with Gasteiger partial charge in [0.2, 0.25) is 0 Å². The van der Waals surface area contributed by atoms with Gasteiger partial charge in [0.15, 0.2) is 0 Å². The molecule has 0 spiro atoms. The van der Waals surface area contributed by atoms with Gasteiger partial charge in [-0.05, 0) is 41.8 Å². The molecule has 0 aromatic heterocycles. The molecule has 112 valence electrons. The summed E-state index contributed by atoms with van der Waals surface area (Å²) in [7, 11) is 0. The predicted molar refractivity (Wildman–Crippen MR) is 83.6 cm³/mol. The fourth-order valence-corrected chi connectivity index (χ4v) is 2.36. The van der Waals surface area contributed by atoms with Crippen LogP contribution in [0.2, 0.25) is 5.02 Å². The average Bonchev–Trinajstić information content (AvgIpc) is 2.49. The van der Waals surface area contributed by atoms with Gasteiger partial charge >= 0.3 is 0 Å². The van der Waals surface area contributed by atoms with E-state index in [0.717, 1.165) is 17.5 Å². The van der Waals surface area contributed by atoms with Gasteiger partial charge in [-0.2, -0.15) is 0 Å². The molecule has 2 N–H and O–H groups in total. The molecule has 0 heterocycles. The van der Waals surface area contributed by atoms with Gasteiger partial charge in [-0.1, -0.05) is 42.8 Å². The van der Waals surface area contributed by atoms with Crippen molar-refractivity contribution < 1.29 is 9.13 Å². The molecule has 2 atom stereocenters. The van der Waals surface area contributed by atoms with E-state index in [1.165, 1.54) is 12.1 Å². The molecule has 2 nitrogen and oxygen atoms in total. The summed E-state index contributed by atoms with van der Waals surface area (Å²) in [4.78, 5) is 0. The first-order valence-corrected chi connectivity index (χ1v) is 7.35. The molecule has 0 radical (unpaired) electrons. The second-order valence-corrected chi connectivity index (χ2v) is 5.42. The second-order valence-electron chi connectivity index (χ2n) is 4.99. The molecule has 4 heteroatoms. The van der Waals surface area contributed by atoms with Crippen LogP contribution in [0.5, 0.6) is 0 Å². The van der Waals surface area contributed by atoms with Crippen LogP contribution >= 0.6 is 11.6 Å². The van der Waals surface area contributed by atoms with E-state index in [-0.39, 0.29) is 18.0 Å². The number of hydrogen-bond acceptors (Lipinski definition) is 2. The van der Waals surface area contributed by atoms with Crippen LogP contribution in [0.3, 0.4) is 0 Å². The zero-order valence-electron chi connectivity index (χ0n) is 11.9. The van der Waals surface area contributed by atoms with Crippen molar-refractivity contribution in [1.29, 1.82) is 0 Å². The van der Waals surface area contributed by atoms with Crippen LogP contribution in [0, 0.1) is 5.82 Å². The summed E-state index contributed by atoms with van der Waals surface area (Å²) < 4.78 is 19.0. The lowest BCUT2D eigenvalue weighted by Gasteiger charge is -2.24. The van der Waals surface area contributed by atoms with Gasteiger partial charge in [-0.25, -0.2) is 4.39 Å². The first kappa shape index (κ1) is 16.0. The molecular formula is C17H19ClFNO. The Morgan fingerprint density at radius 2 is 1.90 bits per heavy atom. The standard InChI is InChI=1S/C17H19ClFNO/c1-2-16(20)17(13-6-8-15(19)9-7-13)21-11-12-4-3-5-14(18)10-12/h3-10,16-17H,2,11,20H2,1H3. The Hall–Kier alpha value is -1.42. The lowest BCUT2D eigenvalue weighted by molar-refractivity contribution is 0.0212. The number of nitrogens with two attached hydrogens (primary N) is 1. The molecule has 0 amide bonds. The highest BCUT2D eigenvalue weighted by Gasteiger charge is 2.19. The van der Waals surface area contributed by atoms with E-state index < -0.39 is 0 Å². The molecule has 0 saturated heterocycles. The van der Waals surface area contributed by atoms with Crippen molar-refractivity contribution in [1.82, 2.24) is 0 Å². The third-order valence-corrected chi connectivity index (χ3v) is 3.61. The summed E-state index contributed by atoms with van der Waals surface area (Å²) >= 11 is 5.96. The van der Waals surface area contributed by atoms with E-state index in [9.17, 15) is 4.39 Å². The summed E-state index contributed by atoms with van der Waals surface area (Å²) in [5.41, 5.74) is 8.00. The lowest BCUT2D eigenvalue weighted by atomic mass is 10.0. The first-order chi connectivity index (χ1) is 10.1. The Morgan fingerprint density at radius 1 is 1.19 bits per heavy atom. The van der Waals surface area contributed by atoms with Gasteiger partial charge in [0.05, 0.1) is 12.7 Å². The van der Waals surface area contributed by atoms with Gasteiger partial charge in [0.25, 0.3) is 0 Å². The van der Waals surface area contributed by atoms with Crippen molar-refractivity contribution in [2.75, 3.05) is 0 Å². The van der Waals surface area contributed by atoms with Gasteiger partial charge in [0, 0.05) is 11.1 Å². The monoisotopic (exact) mass is 307 g/mol. The first-order valence-electron chi connectivity index (χ1n) is 6.97. The largest absolute Gasteiger partial charge is 0.367 e. The van der Waals surface area contributed by atoms with E-state index in [4.69, 9.17) is 22.1 Å². The maximum absolute atomic E-state index is 13.0. The fraction of sp³-hybridized carbons (Fsp3) is 0.294. The summed E-state index contributed by atoms with van der Waals surface area (Å²) in [6.45, 7) is 2.42. The smallest absolute Gasteiger partial charge is 0.123 e. The van der Waals surface area contributed by atoms with E-state index in [1.807, 2.05) is 31.2 Å². The molecule has 0 fully saturated rings. The minimum atomic E-state index is -0.269. The fourth-order valence-electron chi connectivity index (χ4n) is 2.15. The third kappa shape index (κ3) is 4.53. The Morgan fingerprint density at radius 3 is 2.52 bits per heavy atom. The van der Waals surface area contributed by atoms with Crippen molar-refractivity contribution in [2.45, 2.75) is 32.1 Å². The van der Waals surface area contributed by atoms with Crippen molar-refractivity contribution in [3.63, 3.8) is 0 Å². The summed E-state index contributed by atoms with van der Waals surface area (Å²) in [6, 6.07) is 13.6. The molecule has 0 aliphatic rings. The topological polar surface area (TPSA) is 35.2 Å². The van der Waals surface area contributed by atoms with Crippen molar-refractivity contribution >= 4 is 11.6 Å². The minimum Gasteiger partial charge on any atom is -0.367 e. The normalized spacial score (nSPS) is 13.9. The van der Waals surface area contributed by atoms with Gasteiger partial charge in [-0.15, -0.1) is 0 Å². The number of hydrogen-bond donors (Lipinski definition) is 1. The highest BCUT2D eigenvalue weighted by Crippen LogP contribution is 2.24. The number of ether oxygens (including phenoxy) is 1. The summed E-state index contributed by atoms with van der Waals surface area (Å²) in [6.07, 6.45) is 0.506. The minimum absolute atomic E-state index is 0.144. The number of halogens is 2. The molecule has 2 aromatic rings. The van der Waals surface area contributed by atoms with Crippen molar-refractivity contribution in [2.24, 2.45) is 5.73 Å². The van der Waals surface area contributed by atoms with Crippen molar-refractivity contribution in [3.05, 3.63) is 70.5 Å². The molecule has 0 bridgehead atoms. The van der Waals surface area contributed by atoms with Crippen LogP contribution in [0.4, 0.5) is 4.39 Å². The molecule has 21 heavy (non-hydrogen) atoms. The van der Waals surface area contributed by atoms with Crippen LogP contribution in [-0.2, 0) is 11.3 Å². The molecule has 0 aliphatic heterocycles. The Labute approximate surface area is 129 Å². The predicted octanol–water partition coefficient (Wildman–Crippen LogP) is 4.47. The maximum atomic E-state index is 13.0. The van der Waals surface area contributed by atoms with E-state index in [0.29, 0.717) is 11.6 Å². The Kier molecular flexibility index (Phi) is 5.74. The highest BCUT2D eigenvalue weighted by molar-refractivity contribution is 6.30. The third-order valence-electron chi connectivity index (χ3n) is 3.38. The summed E-state index contributed by atoms with van der Waals surface area (Å²) in [5.74, 6) is -0.266. The zero-order chi connectivity index (χ0) is 15.2. The van der Waals surface area contributed by atoms with Crippen LogP contribution < -0.4 is 5.73 Å². The van der Waals surface area contributed by atoms with E-state index >= 15 is 0 Å². The van der Waals surface area contributed by atoms with Gasteiger partial charge < -0.3 is 10.5 Å². The quantitative estimate of drug-likeness (QED) is 0.854. The van der Waals surface area contributed by atoms with E-state index in [2.05, 4.69) is 0 Å². The molecule has 0 saturated carbocycles. The molecular weight excluding hydrogens is 289 g/mol. The molecule has 2 unspecified atom stereocenters. The summed E-state index contributed by atoms with van der Waals surface area (Å²) in [5, 5.41) is 0.675. The SMILES string of the molecule is CCC(N)C(OCc1cccc(Cl)c1)c1ccc(F)cc1. The Balaban J connectivity index is 2.11. The molecule has 2 aromatic carbocycles. The Bertz CT molecular complexity index is 573. The maximum Gasteiger partial charge on any atom is 0.123 e. The molecule has 2 rings (SSSR count). The van der Waals surface area contributed by atoms with Crippen molar-refractivity contribution in [3.8, 4) is 0 Å². The lowest BCUT2D eigenvalue weighted by Crippen LogP contribution is -2.29. The van der Waals surface area contributed by atoms with Crippen LogP contribution in [0.15, 0.2) is 48.5 Å². The van der Waals surface area contributed by atoms with E-state index in [1.54, 1.807) is 12.1 Å². The number of rotatable bonds is 6. The molecule has 0 aliphatic carbocycles. The van der Waals surface area contributed by atoms with Crippen LogP contribution in [0.25, 0.3) is 0 Å². The van der Waals surface area contributed by atoms with Crippen LogP contribution in [0.1, 0.15) is 30.6 Å². The number of benzene rings is 2.